The van der Waals surface area contributed by atoms with E-state index in [0.29, 0.717) is 17.1 Å². The lowest BCUT2D eigenvalue weighted by Gasteiger charge is -2.69. The molecular weight excluding hydrogens is 472 g/mol. The Morgan fingerprint density at radius 3 is 2.76 bits per heavy atom. The number of rotatable bonds is 8. The zero-order chi connectivity index (χ0) is 25.6. The van der Waals surface area contributed by atoms with Gasteiger partial charge in [0, 0.05) is 23.2 Å². The van der Waals surface area contributed by atoms with Crippen LogP contribution in [0.3, 0.4) is 0 Å². The Labute approximate surface area is 211 Å². The van der Waals surface area contributed by atoms with E-state index in [0.717, 1.165) is 36.3 Å². The van der Waals surface area contributed by atoms with Crippen LogP contribution in [0.2, 0.25) is 0 Å². The largest absolute Gasteiger partial charge is 0.494 e. The van der Waals surface area contributed by atoms with Crippen LogP contribution in [0, 0.1) is 0 Å². The lowest BCUT2D eigenvalue weighted by atomic mass is 9.38. The van der Waals surface area contributed by atoms with Gasteiger partial charge in [0.05, 0.1) is 41.8 Å². The minimum absolute atomic E-state index is 0.0393. The second-order valence-electron chi connectivity index (χ2n) is 9.55. The summed E-state index contributed by atoms with van der Waals surface area (Å²) < 4.78 is 7.23. The fraction of sp³-hybridized carbons (Fsp3) is 0.231. The van der Waals surface area contributed by atoms with E-state index in [2.05, 4.69) is 42.7 Å². The Bertz CT molecular complexity index is 1500. The van der Waals surface area contributed by atoms with Crippen molar-refractivity contribution in [2.45, 2.75) is 30.2 Å². The van der Waals surface area contributed by atoms with Crippen LogP contribution in [0.25, 0.3) is 17.1 Å². The van der Waals surface area contributed by atoms with Gasteiger partial charge in [0.15, 0.2) is 0 Å². The van der Waals surface area contributed by atoms with E-state index in [4.69, 9.17) is 4.74 Å². The number of amides is 2. The molecule has 3 aliphatic carbocycles. The first kappa shape index (κ1) is 22.7. The number of hydrogen-bond acceptors (Lipinski definition) is 7. The van der Waals surface area contributed by atoms with Crippen molar-refractivity contribution in [1.29, 1.82) is 0 Å². The molecule has 3 fully saturated rings. The number of benzene rings is 1. The first-order valence-electron chi connectivity index (χ1n) is 11.8. The molecule has 3 aromatic heterocycles. The molecule has 37 heavy (non-hydrogen) atoms. The lowest BCUT2D eigenvalue weighted by Crippen LogP contribution is -2.76. The number of pyridine rings is 1. The number of carbonyl (C=O) groups excluding carboxylic acids is 2. The predicted molar refractivity (Wildman–Crippen MR) is 134 cm³/mol. The Kier molecular flexibility index (Phi) is 5.14. The minimum Gasteiger partial charge on any atom is -0.494 e. The lowest BCUT2D eigenvalue weighted by molar-refractivity contribution is -0.134. The van der Waals surface area contributed by atoms with Gasteiger partial charge < -0.3 is 15.4 Å². The van der Waals surface area contributed by atoms with Crippen LogP contribution in [0.15, 0.2) is 67.5 Å². The summed E-state index contributed by atoms with van der Waals surface area (Å²) in [6, 6.07) is 12.4. The van der Waals surface area contributed by atoms with Crippen molar-refractivity contribution in [3.05, 3.63) is 78.9 Å². The molecule has 11 nitrogen and oxygen atoms in total. The van der Waals surface area contributed by atoms with Gasteiger partial charge in [0.25, 0.3) is 5.91 Å². The summed E-state index contributed by atoms with van der Waals surface area (Å²) in [6.45, 7) is 3.52. The number of methoxy groups -OCH3 is 1. The Hall–Kier alpha value is -4.80. The normalized spacial score (nSPS) is 21.3. The summed E-state index contributed by atoms with van der Waals surface area (Å²) >= 11 is 0. The van der Waals surface area contributed by atoms with Crippen molar-refractivity contribution in [3.63, 3.8) is 0 Å². The number of anilines is 1. The number of nitrogens with one attached hydrogen (secondary N) is 3. The van der Waals surface area contributed by atoms with Crippen LogP contribution in [0.1, 0.15) is 35.4 Å². The average Bonchev–Trinajstić information content (AvgIpc) is 3.58. The van der Waals surface area contributed by atoms with Gasteiger partial charge in [-0.05, 0) is 55.7 Å². The zero-order valence-corrected chi connectivity index (χ0v) is 20.1. The SMILES string of the molecule is C=CC(=O)NC12CC(c3cn(-c4ccc(NC(=O)c5cccc(-c6ccn[nH]6)n5)c(OC)c4)nn3)(C1)C2. The molecule has 11 heteroatoms. The topological polar surface area (TPSA) is 140 Å². The molecule has 0 spiro atoms. The molecule has 2 bridgehead atoms. The molecule has 0 atom stereocenters. The third kappa shape index (κ3) is 3.84. The average molecular weight is 497 g/mol. The quantitative estimate of drug-likeness (QED) is 0.319. The molecule has 3 aliphatic rings. The van der Waals surface area contributed by atoms with E-state index in [1.165, 1.54) is 13.2 Å². The van der Waals surface area contributed by atoms with Gasteiger partial charge in [-0.1, -0.05) is 17.9 Å². The fourth-order valence-corrected chi connectivity index (χ4v) is 5.36. The maximum atomic E-state index is 12.9. The highest BCUT2D eigenvalue weighted by atomic mass is 16.5. The van der Waals surface area contributed by atoms with Crippen molar-refractivity contribution in [1.82, 2.24) is 35.5 Å². The highest BCUT2D eigenvalue weighted by Gasteiger charge is 2.70. The van der Waals surface area contributed by atoms with Crippen LogP contribution in [0.4, 0.5) is 5.69 Å². The number of ether oxygens (including phenoxy) is 1. The Morgan fingerprint density at radius 2 is 2.03 bits per heavy atom. The maximum Gasteiger partial charge on any atom is 0.274 e. The first-order chi connectivity index (χ1) is 17.9. The number of carbonyl (C=O) groups is 2. The van der Waals surface area contributed by atoms with Crippen molar-refractivity contribution in [3.8, 4) is 22.8 Å². The molecule has 2 amide bonds. The highest BCUT2D eigenvalue weighted by molar-refractivity contribution is 6.04. The van der Waals surface area contributed by atoms with Crippen molar-refractivity contribution in [2.75, 3.05) is 12.4 Å². The molecule has 3 N–H and O–H groups in total. The molecule has 4 aromatic rings. The standard InChI is InChI=1S/C26H24N8O3/c1-3-23(35)30-26-13-25(14-26,15-26)22-12-34(33-32-22)16-7-8-19(21(11-16)37-2)29-24(36)20-6-4-5-17(28-20)18-9-10-27-31-18/h3-12H,1,13-15H2,2H3,(H,27,31)(H,29,36)(H,30,35). The van der Waals surface area contributed by atoms with Crippen LogP contribution in [-0.2, 0) is 10.2 Å². The summed E-state index contributed by atoms with van der Waals surface area (Å²) in [5.41, 5.74) is 3.58. The van der Waals surface area contributed by atoms with E-state index in [-0.39, 0.29) is 28.5 Å². The van der Waals surface area contributed by atoms with Crippen LogP contribution >= 0.6 is 0 Å². The molecule has 0 saturated heterocycles. The van der Waals surface area contributed by atoms with E-state index in [9.17, 15) is 9.59 Å². The second-order valence-corrected chi connectivity index (χ2v) is 9.55. The Balaban J connectivity index is 1.17. The molecule has 0 aliphatic heterocycles. The van der Waals surface area contributed by atoms with Crippen molar-refractivity contribution < 1.29 is 14.3 Å². The molecule has 7 rings (SSSR count). The number of H-pyrrole nitrogens is 1. The summed E-state index contributed by atoms with van der Waals surface area (Å²) in [5.74, 6) is -0.0293. The number of aromatic nitrogens is 6. The molecule has 0 unspecified atom stereocenters. The highest BCUT2D eigenvalue weighted by Crippen LogP contribution is 2.67. The molecule has 0 radical (unpaired) electrons. The van der Waals surface area contributed by atoms with E-state index >= 15 is 0 Å². The summed E-state index contributed by atoms with van der Waals surface area (Å²) in [4.78, 5) is 29.0. The second kappa shape index (κ2) is 8.40. The van der Waals surface area contributed by atoms with Gasteiger partial charge in [0.1, 0.15) is 11.4 Å². The first-order valence-corrected chi connectivity index (χ1v) is 11.8. The Morgan fingerprint density at radius 1 is 1.19 bits per heavy atom. The molecule has 3 saturated carbocycles. The maximum absolute atomic E-state index is 12.9. The van der Waals surface area contributed by atoms with Crippen molar-refractivity contribution in [2.24, 2.45) is 0 Å². The summed E-state index contributed by atoms with van der Waals surface area (Å²) in [6.07, 6.45) is 7.39. The number of aromatic amines is 1. The van der Waals surface area contributed by atoms with Gasteiger partial charge in [-0.2, -0.15) is 5.10 Å². The minimum atomic E-state index is -0.364. The third-order valence-corrected chi connectivity index (χ3v) is 7.10. The monoisotopic (exact) mass is 496 g/mol. The van der Waals surface area contributed by atoms with Crippen LogP contribution < -0.4 is 15.4 Å². The van der Waals surface area contributed by atoms with Gasteiger partial charge in [0.2, 0.25) is 5.91 Å². The number of hydrogen-bond donors (Lipinski definition) is 3. The van der Waals surface area contributed by atoms with Crippen LogP contribution in [-0.4, -0.2) is 54.6 Å². The third-order valence-electron chi connectivity index (χ3n) is 7.10. The smallest absolute Gasteiger partial charge is 0.274 e. The van der Waals surface area contributed by atoms with Crippen LogP contribution in [0.5, 0.6) is 5.75 Å². The number of nitrogens with zero attached hydrogens (tertiary/aromatic N) is 5. The molecule has 1 aromatic carbocycles. The molecule has 3 heterocycles. The molecular formula is C26H24N8O3. The summed E-state index contributed by atoms with van der Waals surface area (Å²) in [7, 11) is 1.54. The van der Waals surface area contributed by atoms with Gasteiger partial charge in [-0.25, -0.2) is 9.67 Å². The van der Waals surface area contributed by atoms with E-state index < -0.39 is 0 Å². The fourth-order valence-electron chi connectivity index (χ4n) is 5.36. The molecule has 186 valence electrons. The summed E-state index contributed by atoms with van der Waals surface area (Å²) in [5, 5.41) is 21.4. The van der Waals surface area contributed by atoms with Gasteiger partial charge in [-0.15, -0.1) is 5.10 Å². The van der Waals surface area contributed by atoms with E-state index in [1.807, 2.05) is 12.3 Å². The predicted octanol–water partition coefficient (Wildman–Crippen LogP) is 2.79. The van der Waals surface area contributed by atoms with Crippen molar-refractivity contribution >= 4 is 17.5 Å². The van der Waals surface area contributed by atoms with E-state index in [1.54, 1.807) is 47.3 Å². The van der Waals surface area contributed by atoms with Gasteiger partial charge >= 0.3 is 0 Å². The zero-order valence-electron chi connectivity index (χ0n) is 20.1. The van der Waals surface area contributed by atoms with Gasteiger partial charge in [-0.3, -0.25) is 14.7 Å².